The molecule has 0 saturated carbocycles. The summed E-state index contributed by atoms with van der Waals surface area (Å²) < 4.78 is 0. The van der Waals surface area contributed by atoms with Gasteiger partial charge < -0.3 is 5.73 Å². The average molecular weight is 211 g/mol. The van der Waals surface area contributed by atoms with Crippen LogP contribution in [0.2, 0.25) is 0 Å². The van der Waals surface area contributed by atoms with E-state index in [2.05, 4.69) is 10.2 Å². The molecular formula is C8H9N3O4. The first kappa shape index (κ1) is 11.0. The van der Waals surface area contributed by atoms with Crippen LogP contribution in [0.3, 0.4) is 0 Å². The van der Waals surface area contributed by atoms with E-state index in [9.17, 15) is 9.59 Å². The van der Waals surface area contributed by atoms with Crippen LogP contribution in [0.5, 0.6) is 0 Å². The van der Waals surface area contributed by atoms with E-state index < -0.39 is 0 Å². The molecule has 0 aliphatic carbocycles. The first-order valence-corrected chi connectivity index (χ1v) is 3.89. The smallest absolute Gasteiger partial charge is 0.272 e. The van der Waals surface area contributed by atoms with E-state index in [1.807, 2.05) is 0 Å². The third-order valence-electron chi connectivity index (χ3n) is 1.86. The van der Waals surface area contributed by atoms with Crippen LogP contribution >= 0.6 is 0 Å². The maximum atomic E-state index is 11.2. The summed E-state index contributed by atoms with van der Waals surface area (Å²) >= 11 is 0. The van der Waals surface area contributed by atoms with Gasteiger partial charge in [0.2, 0.25) is 0 Å². The largest absolute Gasteiger partial charge is 0.398 e. The quantitative estimate of drug-likeness (QED) is 0.234. The molecule has 0 fully saturated rings. The SMILES string of the molecule is Nc1cccc2c(=O)[nH][nH]c(=O)c12.OO. The van der Waals surface area contributed by atoms with Crippen LogP contribution < -0.4 is 16.9 Å². The number of H-pyrrole nitrogens is 2. The van der Waals surface area contributed by atoms with E-state index in [0.717, 1.165) is 0 Å². The van der Waals surface area contributed by atoms with E-state index in [0.29, 0.717) is 11.1 Å². The number of aromatic amines is 2. The van der Waals surface area contributed by atoms with Gasteiger partial charge in [-0.3, -0.25) is 30.3 Å². The minimum atomic E-state index is -0.382. The Kier molecular flexibility index (Phi) is 3.21. The lowest BCUT2D eigenvalue weighted by molar-refractivity contribution is -0.176. The molecule has 0 spiro atoms. The Balaban J connectivity index is 0.000000531. The maximum absolute atomic E-state index is 11.2. The molecule has 0 saturated heterocycles. The lowest BCUT2D eigenvalue weighted by Gasteiger charge is -1.97. The highest BCUT2D eigenvalue weighted by Gasteiger charge is 2.04. The summed E-state index contributed by atoms with van der Waals surface area (Å²) in [5, 5.41) is 17.0. The first-order valence-electron chi connectivity index (χ1n) is 3.89. The highest BCUT2D eigenvalue weighted by Crippen LogP contribution is 2.11. The fourth-order valence-corrected chi connectivity index (χ4v) is 1.26. The number of nitrogens with two attached hydrogens (primary N) is 1. The lowest BCUT2D eigenvalue weighted by atomic mass is 10.2. The predicted octanol–water partition coefficient (Wildman–Crippen LogP) is -0.184. The molecule has 1 aromatic heterocycles. The van der Waals surface area contributed by atoms with Gasteiger partial charge in [0.1, 0.15) is 0 Å². The average Bonchev–Trinajstić information content (AvgIpc) is 2.26. The van der Waals surface area contributed by atoms with E-state index in [1.54, 1.807) is 18.2 Å². The second-order valence-corrected chi connectivity index (χ2v) is 2.68. The number of hydrogen-bond donors (Lipinski definition) is 5. The van der Waals surface area contributed by atoms with Crippen LogP contribution in [0.4, 0.5) is 5.69 Å². The van der Waals surface area contributed by atoms with Gasteiger partial charge in [0.15, 0.2) is 0 Å². The Morgan fingerprint density at radius 2 is 1.67 bits per heavy atom. The standard InChI is InChI=1S/C8H7N3O2.H2O2/c9-5-3-1-2-4-6(5)8(13)11-10-7(4)12;1-2/h1-3H,9H2,(H,10,12)(H,11,13);1-2H. The van der Waals surface area contributed by atoms with Crippen molar-refractivity contribution in [3.8, 4) is 0 Å². The Bertz CT molecular complexity index is 572. The first-order chi connectivity index (χ1) is 7.20. The third-order valence-corrected chi connectivity index (χ3v) is 1.86. The zero-order valence-corrected chi connectivity index (χ0v) is 7.52. The highest BCUT2D eigenvalue weighted by molar-refractivity contribution is 5.91. The molecule has 80 valence electrons. The minimum Gasteiger partial charge on any atom is -0.398 e. The van der Waals surface area contributed by atoms with Crippen molar-refractivity contribution in [3.05, 3.63) is 38.9 Å². The van der Waals surface area contributed by atoms with Gasteiger partial charge in [-0.25, -0.2) is 0 Å². The van der Waals surface area contributed by atoms with Crippen LogP contribution in [-0.2, 0) is 0 Å². The Morgan fingerprint density at radius 1 is 1.07 bits per heavy atom. The third kappa shape index (κ3) is 1.87. The molecule has 1 heterocycles. The number of nitrogen functional groups attached to an aromatic ring is 1. The summed E-state index contributed by atoms with van der Waals surface area (Å²) in [7, 11) is 0. The molecule has 0 bridgehead atoms. The number of anilines is 1. The van der Waals surface area contributed by atoms with Gasteiger partial charge in [0.05, 0.1) is 10.8 Å². The molecule has 2 aromatic rings. The van der Waals surface area contributed by atoms with Crippen LogP contribution in [0.25, 0.3) is 10.8 Å². The van der Waals surface area contributed by atoms with Crippen molar-refractivity contribution in [2.24, 2.45) is 0 Å². The van der Waals surface area contributed by atoms with Crippen molar-refractivity contribution in [1.29, 1.82) is 0 Å². The summed E-state index contributed by atoms with van der Waals surface area (Å²) in [6.45, 7) is 0. The van der Waals surface area contributed by atoms with Crippen LogP contribution in [-0.4, -0.2) is 20.7 Å². The van der Waals surface area contributed by atoms with Gasteiger partial charge in [-0.2, -0.15) is 0 Å². The number of hydrogen-bond acceptors (Lipinski definition) is 5. The van der Waals surface area contributed by atoms with E-state index in [-0.39, 0.29) is 16.5 Å². The second kappa shape index (κ2) is 4.40. The molecule has 0 amide bonds. The molecule has 0 unspecified atom stereocenters. The van der Waals surface area contributed by atoms with E-state index >= 15 is 0 Å². The highest BCUT2D eigenvalue weighted by atomic mass is 17.0. The molecule has 0 aliphatic rings. The van der Waals surface area contributed by atoms with Gasteiger partial charge in [-0.15, -0.1) is 0 Å². The predicted molar refractivity (Wildman–Crippen MR) is 54.9 cm³/mol. The summed E-state index contributed by atoms with van der Waals surface area (Å²) in [5.74, 6) is 0. The molecule has 0 aliphatic heterocycles. The molecular weight excluding hydrogens is 202 g/mol. The minimum absolute atomic E-state index is 0.242. The van der Waals surface area contributed by atoms with Gasteiger partial charge in [0, 0.05) is 5.69 Å². The summed E-state index contributed by atoms with van der Waals surface area (Å²) in [5.41, 5.74) is 5.14. The molecule has 15 heavy (non-hydrogen) atoms. The number of rotatable bonds is 0. The van der Waals surface area contributed by atoms with Crippen molar-refractivity contribution in [2.75, 3.05) is 5.73 Å². The van der Waals surface area contributed by atoms with Crippen molar-refractivity contribution in [2.45, 2.75) is 0 Å². The number of aromatic nitrogens is 2. The van der Waals surface area contributed by atoms with Gasteiger partial charge in [-0.1, -0.05) is 6.07 Å². The van der Waals surface area contributed by atoms with Crippen molar-refractivity contribution < 1.29 is 10.5 Å². The topological polar surface area (TPSA) is 132 Å². The number of benzene rings is 1. The van der Waals surface area contributed by atoms with Crippen LogP contribution in [0.1, 0.15) is 0 Å². The zero-order valence-electron chi connectivity index (χ0n) is 7.52. The molecule has 7 nitrogen and oxygen atoms in total. The van der Waals surface area contributed by atoms with E-state index in [4.69, 9.17) is 16.2 Å². The Hall–Kier alpha value is -2.12. The molecule has 2 rings (SSSR count). The normalized spacial score (nSPS) is 9.47. The van der Waals surface area contributed by atoms with Crippen molar-refractivity contribution >= 4 is 16.5 Å². The fourth-order valence-electron chi connectivity index (χ4n) is 1.26. The second-order valence-electron chi connectivity index (χ2n) is 2.68. The van der Waals surface area contributed by atoms with Crippen molar-refractivity contribution in [3.63, 3.8) is 0 Å². The van der Waals surface area contributed by atoms with E-state index in [1.165, 1.54) is 0 Å². The Morgan fingerprint density at radius 3 is 2.27 bits per heavy atom. The number of nitrogens with one attached hydrogen (secondary N) is 2. The molecule has 0 atom stereocenters. The fraction of sp³-hybridized carbons (Fsp3) is 0. The molecule has 7 heteroatoms. The van der Waals surface area contributed by atoms with Gasteiger partial charge >= 0.3 is 0 Å². The Labute approximate surface area is 82.7 Å². The van der Waals surface area contributed by atoms with Gasteiger partial charge in [-0.05, 0) is 12.1 Å². The zero-order chi connectivity index (χ0) is 11.4. The summed E-state index contributed by atoms with van der Waals surface area (Å²) in [6.07, 6.45) is 0. The monoisotopic (exact) mass is 211 g/mol. The molecule has 0 radical (unpaired) electrons. The van der Waals surface area contributed by atoms with Crippen LogP contribution in [0.15, 0.2) is 27.8 Å². The lowest BCUT2D eigenvalue weighted by Crippen LogP contribution is -2.19. The van der Waals surface area contributed by atoms with Gasteiger partial charge in [0.25, 0.3) is 11.1 Å². The number of fused-ring (bicyclic) bond motifs is 1. The van der Waals surface area contributed by atoms with Crippen molar-refractivity contribution in [1.82, 2.24) is 10.2 Å². The summed E-state index contributed by atoms with van der Waals surface area (Å²) in [4.78, 5) is 22.4. The molecule has 1 aromatic carbocycles. The maximum Gasteiger partial charge on any atom is 0.272 e. The van der Waals surface area contributed by atoms with Crippen LogP contribution in [0, 0.1) is 0 Å². The molecule has 6 N–H and O–H groups in total. The summed E-state index contributed by atoms with van der Waals surface area (Å²) in [6, 6.07) is 4.77.